The lowest BCUT2D eigenvalue weighted by Crippen LogP contribution is -2.29. The van der Waals surface area contributed by atoms with Gasteiger partial charge in [-0.05, 0) is 38.5 Å². The molecule has 0 aromatic heterocycles. The lowest BCUT2D eigenvalue weighted by atomic mass is 10.1. The van der Waals surface area contributed by atoms with E-state index in [4.69, 9.17) is 24.3 Å². The Hall–Kier alpha value is -1.51. The quantitative estimate of drug-likeness (QED) is 0.0296. The van der Waals surface area contributed by atoms with Crippen molar-refractivity contribution in [3.05, 3.63) is 24.3 Å². The fraction of sp³-hybridized carbons (Fsp3) is 0.833. The Kier molecular flexibility index (Phi) is 32.3. The molecule has 0 rings (SSSR count). The third kappa shape index (κ3) is 32.4. The van der Waals surface area contributed by atoms with Crippen LogP contribution in [0.1, 0.15) is 162 Å². The third-order valence-corrected chi connectivity index (χ3v) is 8.60. The summed E-state index contributed by atoms with van der Waals surface area (Å²) in [6.07, 6.45) is 32.1. The van der Waals surface area contributed by atoms with Gasteiger partial charge in [-0.3, -0.25) is 18.6 Å². The van der Waals surface area contributed by atoms with E-state index in [1.807, 2.05) is 0 Å². The van der Waals surface area contributed by atoms with Crippen LogP contribution in [0.25, 0.3) is 0 Å². The van der Waals surface area contributed by atoms with E-state index in [9.17, 15) is 19.0 Å². The molecular weight excluding hydrogens is 605 g/mol. The minimum Gasteiger partial charge on any atom is -0.462 e. The van der Waals surface area contributed by atoms with Gasteiger partial charge in [-0.25, -0.2) is 4.57 Å². The molecule has 0 aromatic carbocycles. The molecule has 0 spiro atoms. The first-order valence-corrected chi connectivity index (χ1v) is 19.8. The second-order valence-electron chi connectivity index (χ2n) is 12.1. The summed E-state index contributed by atoms with van der Waals surface area (Å²) in [4.78, 5) is 34.6. The van der Waals surface area contributed by atoms with Gasteiger partial charge in [-0.2, -0.15) is 0 Å². The van der Waals surface area contributed by atoms with E-state index in [0.29, 0.717) is 12.8 Å². The zero-order chi connectivity index (χ0) is 34.0. The van der Waals surface area contributed by atoms with E-state index in [0.717, 1.165) is 57.8 Å². The maximum atomic E-state index is 12.5. The highest BCUT2D eigenvalue weighted by molar-refractivity contribution is 7.47. The van der Waals surface area contributed by atoms with Crippen molar-refractivity contribution >= 4 is 19.8 Å². The molecular formula is C36H68NO8P. The van der Waals surface area contributed by atoms with Crippen LogP contribution in [-0.4, -0.2) is 49.3 Å². The van der Waals surface area contributed by atoms with E-state index in [-0.39, 0.29) is 32.6 Å². The number of carbonyl (C=O) groups is 2. The summed E-state index contributed by atoms with van der Waals surface area (Å²) in [5.41, 5.74) is 5.32. The van der Waals surface area contributed by atoms with Gasteiger partial charge in [0.15, 0.2) is 6.10 Å². The number of carbonyl (C=O) groups excluding carboxylic acids is 2. The van der Waals surface area contributed by atoms with Crippen LogP contribution in [-0.2, 0) is 32.7 Å². The van der Waals surface area contributed by atoms with Gasteiger partial charge in [0.25, 0.3) is 0 Å². The van der Waals surface area contributed by atoms with Gasteiger partial charge < -0.3 is 20.1 Å². The Morgan fingerprint density at radius 2 is 1.11 bits per heavy atom. The molecule has 0 aliphatic rings. The third-order valence-electron chi connectivity index (χ3n) is 7.62. The molecule has 2 atom stereocenters. The summed E-state index contributed by atoms with van der Waals surface area (Å²) in [5, 5.41) is 0. The fourth-order valence-corrected chi connectivity index (χ4v) is 5.62. The molecule has 0 heterocycles. The van der Waals surface area contributed by atoms with Gasteiger partial charge >= 0.3 is 19.8 Å². The zero-order valence-electron chi connectivity index (χ0n) is 29.3. The van der Waals surface area contributed by atoms with Crippen molar-refractivity contribution in [2.45, 2.75) is 168 Å². The van der Waals surface area contributed by atoms with Crippen LogP contribution < -0.4 is 5.73 Å². The van der Waals surface area contributed by atoms with Crippen LogP contribution in [0.15, 0.2) is 24.3 Å². The standard InChI is InChI=1S/C36H68NO8P/c1-3-5-7-9-11-13-15-16-17-18-19-21-22-24-26-28-35(38)42-32-34(33-44-46(40,41)43-31-30-37)45-36(39)29-27-25-23-20-14-12-10-8-6-4-2/h13,15-17,34H,3-12,14,18-33,37H2,1-2H3,(H,40,41)/b15-13+,17-16+/t34-/m0/s1. The average Bonchev–Trinajstić information content (AvgIpc) is 3.04. The molecule has 10 heteroatoms. The number of esters is 2. The smallest absolute Gasteiger partial charge is 0.462 e. The molecule has 0 aromatic rings. The molecule has 0 amide bonds. The Labute approximate surface area is 281 Å². The monoisotopic (exact) mass is 673 g/mol. The van der Waals surface area contributed by atoms with Crippen LogP contribution in [0.3, 0.4) is 0 Å². The summed E-state index contributed by atoms with van der Waals surface area (Å²) in [7, 11) is -4.37. The summed E-state index contributed by atoms with van der Waals surface area (Å²) in [5.74, 6) is -0.847. The van der Waals surface area contributed by atoms with E-state index in [1.54, 1.807) is 0 Å². The van der Waals surface area contributed by atoms with Gasteiger partial charge in [0.2, 0.25) is 0 Å². The van der Waals surface area contributed by atoms with Crippen molar-refractivity contribution in [3.8, 4) is 0 Å². The number of hydrogen-bond acceptors (Lipinski definition) is 8. The molecule has 0 aliphatic carbocycles. The second kappa shape index (κ2) is 33.4. The number of ether oxygens (including phenoxy) is 2. The molecule has 3 N–H and O–H groups in total. The minimum absolute atomic E-state index is 0.0523. The van der Waals surface area contributed by atoms with Crippen molar-refractivity contribution in [1.82, 2.24) is 0 Å². The predicted molar refractivity (Wildman–Crippen MR) is 187 cm³/mol. The van der Waals surface area contributed by atoms with Crippen molar-refractivity contribution in [1.29, 1.82) is 0 Å². The highest BCUT2D eigenvalue weighted by Crippen LogP contribution is 2.43. The number of unbranched alkanes of at least 4 members (excludes halogenated alkanes) is 18. The van der Waals surface area contributed by atoms with E-state index >= 15 is 0 Å². The van der Waals surface area contributed by atoms with E-state index in [1.165, 1.54) is 64.2 Å². The molecule has 0 fully saturated rings. The van der Waals surface area contributed by atoms with Gasteiger partial charge in [-0.1, -0.05) is 134 Å². The maximum absolute atomic E-state index is 12.5. The largest absolute Gasteiger partial charge is 0.472 e. The van der Waals surface area contributed by atoms with E-state index < -0.39 is 32.5 Å². The molecule has 46 heavy (non-hydrogen) atoms. The van der Waals surface area contributed by atoms with Gasteiger partial charge in [0, 0.05) is 19.4 Å². The molecule has 0 bridgehead atoms. The number of hydrogen-bond donors (Lipinski definition) is 2. The molecule has 0 radical (unpaired) electrons. The van der Waals surface area contributed by atoms with Crippen LogP contribution in [0.5, 0.6) is 0 Å². The normalized spacial score (nSPS) is 13.7. The summed E-state index contributed by atoms with van der Waals surface area (Å²) in [6.45, 7) is 3.66. The first kappa shape index (κ1) is 44.5. The number of allylic oxidation sites excluding steroid dienone is 4. The lowest BCUT2D eigenvalue weighted by Gasteiger charge is -2.19. The molecule has 270 valence electrons. The van der Waals surface area contributed by atoms with Crippen molar-refractivity contribution in [2.24, 2.45) is 5.73 Å². The van der Waals surface area contributed by atoms with Crippen molar-refractivity contribution in [3.63, 3.8) is 0 Å². The van der Waals surface area contributed by atoms with E-state index in [2.05, 4.69) is 38.2 Å². The Bertz CT molecular complexity index is 820. The highest BCUT2D eigenvalue weighted by atomic mass is 31.2. The average molecular weight is 674 g/mol. The SMILES string of the molecule is CCCCCC/C=C/C=C/CCCCCCCC(=O)OC[C@@H](COP(=O)(O)OCCN)OC(=O)CCCCCCCCCCCC. The van der Waals surface area contributed by atoms with Crippen LogP contribution in [0, 0.1) is 0 Å². The molecule has 0 saturated heterocycles. The van der Waals surface area contributed by atoms with Crippen molar-refractivity contribution in [2.75, 3.05) is 26.4 Å². The Morgan fingerprint density at radius 3 is 1.63 bits per heavy atom. The highest BCUT2D eigenvalue weighted by Gasteiger charge is 2.25. The number of nitrogens with two attached hydrogens (primary N) is 1. The summed E-state index contributed by atoms with van der Waals surface area (Å²) in [6, 6.07) is 0. The number of phosphoric ester groups is 1. The zero-order valence-corrected chi connectivity index (χ0v) is 30.2. The predicted octanol–water partition coefficient (Wildman–Crippen LogP) is 9.66. The van der Waals surface area contributed by atoms with Crippen LogP contribution in [0.4, 0.5) is 0 Å². The lowest BCUT2D eigenvalue weighted by molar-refractivity contribution is -0.161. The molecule has 0 aliphatic heterocycles. The fourth-order valence-electron chi connectivity index (χ4n) is 4.86. The van der Waals surface area contributed by atoms with Crippen LogP contribution in [0.2, 0.25) is 0 Å². The minimum atomic E-state index is -4.37. The van der Waals surface area contributed by atoms with Gasteiger partial charge in [-0.15, -0.1) is 0 Å². The van der Waals surface area contributed by atoms with Gasteiger partial charge in [0.1, 0.15) is 6.61 Å². The molecule has 9 nitrogen and oxygen atoms in total. The van der Waals surface area contributed by atoms with Crippen LogP contribution >= 0.6 is 7.82 Å². The topological polar surface area (TPSA) is 134 Å². The van der Waals surface area contributed by atoms with Crippen molar-refractivity contribution < 1.29 is 37.6 Å². The Balaban J connectivity index is 4.25. The first-order chi connectivity index (χ1) is 22.3. The summed E-state index contributed by atoms with van der Waals surface area (Å²) < 4.78 is 32.5. The second-order valence-corrected chi connectivity index (χ2v) is 13.6. The Morgan fingerprint density at radius 1 is 0.652 bits per heavy atom. The number of rotatable bonds is 34. The van der Waals surface area contributed by atoms with Gasteiger partial charge in [0.05, 0.1) is 13.2 Å². The summed E-state index contributed by atoms with van der Waals surface area (Å²) >= 11 is 0. The molecule has 0 saturated carbocycles. The number of phosphoric acid groups is 1. The molecule has 1 unspecified atom stereocenters. The maximum Gasteiger partial charge on any atom is 0.472 e. The first-order valence-electron chi connectivity index (χ1n) is 18.3.